The van der Waals surface area contributed by atoms with Crippen molar-refractivity contribution in [2.75, 3.05) is 7.11 Å². The Morgan fingerprint density at radius 2 is 2.06 bits per heavy atom. The first kappa shape index (κ1) is 11.9. The molecule has 0 bridgehead atoms. The number of ether oxygens (including phenoxy) is 1. The zero-order valence-electron chi connectivity index (χ0n) is 10.2. The maximum absolute atomic E-state index is 5.36. The minimum Gasteiger partial charge on any atom is -0.496 e. The van der Waals surface area contributed by atoms with Crippen molar-refractivity contribution in [1.29, 1.82) is 0 Å². The number of hydrogen-bond donors (Lipinski definition) is 2. The Morgan fingerprint density at radius 3 is 2.59 bits per heavy atom. The number of rotatable bonds is 3. The fourth-order valence-electron chi connectivity index (χ4n) is 1.84. The Balaban J connectivity index is 2.50. The molecule has 0 atom stereocenters. The fraction of sp³-hybridized carbons (Fsp3) is 0.308. The van der Waals surface area contributed by atoms with Crippen LogP contribution in [-0.2, 0) is 0 Å². The predicted octanol–water partition coefficient (Wildman–Crippen LogP) is 3.87. The maximum Gasteiger partial charge on any atom is 0.174 e. The van der Waals surface area contributed by atoms with Crippen LogP contribution in [0.15, 0.2) is 24.4 Å². The van der Waals surface area contributed by atoms with Gasteiger partial charge in [-0.25, -0.2) is 0 Å². The smallest absolute Gasteiger partial charge is 0.174 e. The third-order valence-electron chi connectivity index (χ3n) is 2.76. The van der Waals surface area contributed by atoms with Gasteiger partial charge in [0.15, 0.2) is 4.77 Å². The number of benzene rings is 1. The molecule has 2 N–H and O–H groups in total. The van der Waals surface area contributed by atoms with E-state index in [1.807, 2.05) is 18.3 Å². The van der Waals surface area contributed by atoms with Crippen LogP contribution in [0.4, 0.5) is 0 Å². The van der Waals surface area contributed by atoms with Gasteiger partial charge in [-0.1, -0.05) is 13.8 Å². The molecule has 3 nitrogen and oxygen atoms in total. The molecule has 1 aromatic carbocycles. The van der Waals surface area contributed by atoms with Gasteiger partial charge in [0, 0.05) is 11.8 Å². The number of aromatic amines is 2. The first-order valence-corrected chi connectivity index (χ1v) is 5.98. The number of H-pyrrole nitrogens is 2. The first-order valence-electron chi connectivity index (χ1n) is 5.58. The summed E-state index contributed by atoms with van der Waals surface area (Å²) in [5.41, 5.74) is 3.31. The monoisotopic (exact) mass is 248 g/mol. The number of hydrogen-bond acceptors (Lipinski definition) is 2. The zero-order chi connectivity index (χ0) is 12.4. The lowest BCUT2D eigenvalue weighted by molar-refractivity contribution is 0.407. The van der Waals surface area contributed by atoms with Crippen molar-refractivity contribution < 1.29 is 4.74 Å². The summed E-state index contributed by atoms with van der Waals surface area (Å²) >= 11 is 5.03. The van der Waals surface area contributed by atoms with Gasteiger partial charge >= 0.3 is 0 Å². The van der Waals surface area contributed by atoms with E-state index in [2.05, 4.69) is 29.9 Å². The molecule has 1 aromatic heterocycles. The Morgan fingerprint density at radius 1 is 1.29 bits per heavy atom. The Bertz CT molecular complexity index is 569. The Kier molecular flexibility index (Phi) is 3.33. The first-order chi connectivity index (χ1) is 8.11. The van der Waals surface area contributed by atoms with E-state index in [0.717, 1.165) is 17.0 Å². The van der Waals surface area contributed by atoms with Crippen LogP contribution in [0.2, 0.25) is 0 Å². The molecule has 0 saturated heterocycles. The van der Waals surface area contributed by atoms with E-state index >= 15 is 0 Å². The summed E-state index contributed by atoms with van der Waals surface area (Å²) in [6, 6.07) is 6.16. The molecular formula is C13H16N2OS. The number of aromatic nitrogens is 2. The molecule has 17 heavy (non-hydrogen) atoms. The highest BCUT2D eigenvalue weighted by Crippen LogP contribution is 2.30. The van der Waals surface area contributed by atoms with Crippen molar-refractivity contribution in [3.63, 3.8) is 0 Å². The lowest BCUT2D eigenvalue weighted by Crippen LogP contribution is -1.94. The van der Waals surface area contributed by atoms with Crippen LogP contribution >= 0.6 is 12.2 Å². The van der Waals surface area contributed by atoms with Crippen molar-refractivity contribution in [2.45, 2.75) is 19.8 Å². The maximum atomic E-state index is 5.36. The number of imidazole rings is 1. The van der Waals surface area contributed by atoms with Crippen molar-refractivity contribution >= 4 is 12.2 Å². The average molecular weight is 248 g/mol. The summed E-state index contributed by atoms with van der Waals surface area (Å²) in [6.07, 6.45) is 1.88. The van der Waals surface area contributed by atoms with E-state index in [0.29, 0.717) is 10.7 Å². The van der Waals surface area contributed by atoms with E-state index in [9.17, 15) is 0 Å². The van der Waals surface area contributed by atoms with E-state index in [4.69, 9.17) is 17.0 Å². The second-order valence-electron chi connectivity index (χ2n) is 4.27. The summed E-state index contributed by atoms with van der Waals surface area (Å²) in [6.45, 7) is 4.31. The fourth-order valence-corrected chi connectivity index (χ4v) is 2.01. The highest BCUT2D eigenvalue weighted by Gasteiger charge is 2.09. The largest absolute Gasteiger partial charge is 0.496 e. The molecule has 0 amide bonds. The molecule has 0 aliphatic carbocycles. The highest BCUT2D eigenvalue weighted by atomic mass is 32.1. The number of methoxy groups -OCH3 is 1. The molecule has 0 aliphatic rings. The topological polar surface area (TPSA) is 40.8 Å². The quantitative estimate of drug-likeness (QED) is 0.809. The van der Waals surface area contributed by atoms with Crippen LogP contribution in [0, 0.1) is 4.77 Å². The molecule has 0 aliphatic heterocycles. The van der Waals surface area contributed by atoms with Crippen LogP contribution in [0.3, 0.4) is 0 Å². The molecule has 0 radical (unpaired) electrons. The second-order valence-corrected chi connectivity index (χ2v) is 4.68. The molecule has 0 saturated carbocycles. The van der Waals surface area contributed by atoms with Crippen LogP contribution in [-0.4, -0.2) is 17.1 Å². The van der Waals surface area contributed by atoms with Gasteiger partial charge in [0.05, 0.1) is 12.8 Å². The van der Waals surface area contributed by atoms with Crippen LogP contribution in [0.25, 0.3) is 11.3 Å². The van der Waals surface area contributed by atoms with Gasteiger partial charge in [0.1, 0.15) is 5.75 Å². The predicted molar refractivity (Wildman–Crippen MR) is 72.1 cm³/mol. The van der Waals surface area contributed by atoms with Crippen molar-refractivity contribution in [2.24, 2.45) is 0 Å². The van der Waals surface area contributed by atoms with Gasteiger partial charge < -0.3 is 14.7 Å². The third kappa shape index (κ3) is 2.42. The molecule has 90 valence electrons. The van der Waals surface area contributed by atoms with Crippen molar-refractivity contribution in [3.05, 3.63) is 34.7 Å². The molecule has 0 fully saturated rings. The second kappa shape index (κ2) is 4.75. The van der Waals surface area contributed by atoms with Crippen molar-refractivity contribution in [3.8, 4) is 17.0 Å². The zero-order valence-corrected chi connectivity index (χ0v) is 11.0. The molecule has 2 rings (SSSR count). The Hall–Kier alpha value is -1.55. The van der Waals surface area contributed by atoms with E-state index in [-0.39, 0.29) is 0 Å². The van der Waals surface area contributed by atoms with Crippen molar-refractivity contribution in [1.82, 2.24) is 9.97 Å². The van der Waals surface area contributed by atoms with Crippen LogP contribution in [0.1, 0.15) is 25.3 Å². The number of nitrogens with one attached hydrogen (secondary N) is 2. The van der Waals surface area contributed by atoms with E-state index in [1.54, 1.807) is 7.11 Å². The molecule has 4 heteroatoms. The van der Waals surface area contributed by atoms with Gasteiger partial charge in [0.2, 0.25) is 0 Å². The third-order valence-corrected chi connectivity index (χ3v) is 2.98. The standard InChI is InChI=1S/C13H16N2OS/c1-8(2)10-6-9(4-5-12(10)16-3)11-7-14-13(17)15-11/h4-8H,1-3H3,(H2,14,15,17). The summed E-state index contributed by atoms with van der Waals surface area (Å²) in [5.74, 6) is 1.35. The summed E-state index contributed by atoms with van der Waals surface area (Å²) < 4.78 is 6.00. The van der Waals surface area contributed by atoms with Crippen LogP contribution < -0.4 is 4.74 Å². The molecule has 1 heterocycles. The summed E-state index contributed by atoms with van der Waals surface area (Å²) in [4.78, 5) is 6.09. The van der Waals surface area contributed by atoms with E-state index in [1.165, 1.54) is 5.56 Å². The lowest BCUT2D eigenvalue weighted by Gasteiger charge is -2.12. The minimum absolute atomic E-state index is 0.423. The molecule has 0 spiro atoms. The van der Waals surface area contributed by atoms with Gasteiger partial charge in [-0.2, -0.15) is 0 Å². The lowest BCUT2D eigenvalue weighted by atomic mass is 9.98. The highest BCUT2D eigenvalue weighted by molar-refractivity contribution is 7.71. The van der Waals surface area contributed by atoms with Gasteiger partial charge in [-0.15, -0.1) is 0 Å². The molecule has 2 aromatic rings. The molecular weight excluding hydrogens is 232 g/mol. The summed E-state index contributed by atoms with van der Waals surface area (Å²) in [7, 11) is 1.70. The SMILES string of the molecule is COc1ccc(-c2c[nH]c(=S)[nH]2)cc1C(C)C. The van der Waals surface area contributed by atoms with Crippen LogP contribution in [0.5, 0.6) is 5.75 Å². The molecule has 0 unspecified atom stereocenters. The normalized spacial score (nSPS) is 10.8. The minimum atomic E-state index is 0.423. The average Bonchev–Trinajstić information content (AvgIpc) is 2.75. The van der Waals surface area contributed by atoms with E-state index < -0.39 is 0 Å². The van der Waals surface area contributed by atoms with Gasteiger partial charge in [-0.05, 0) is 41.9 Å². The summed E-state index contributed by atoms with van der Waals surface area (Å²) in [5, 5.41) is 0. The Labute approximate surface area is 106 Å². The van der Waals surface area contributed by atoms with Gasteiger partial charge in [0.25, 0.3) is 0 Å². The van der Waals surface area contributed by atoms with Gasteiger partial charge in [-0.3, -0.25) is 0 Å².